The molecule has 0 heterocycles. The van der Waals surface area contributed by atoms with E-state index < -0.39 is 0 Å². The summed E-state index contributed by atoms with van der Waals surface area (Å²) in [6.07, 6.45) is 8.54. The number of halogens is 1. The van der Waals surface area contributed by atoms with Crippen molar-refractivity contribution in [2.75, 3.05) is 6.54 Å². The molecule has 4 fully saturated rings. The van der Waals surface area contributed by atoms with E-state index in [-0.39, 0.29) is 0 Å². The Bertz CT molecular complexity index is 610. The van der Waals surface area contributed by atoms with E-state index in [0.717, 1.165) is 29.0 Å². The number of nitrogens with one attached hydrogen (secondary N) is 1. The summed E-state index contributed by atoms with van der Waals surface area (Å²) in [5.74, 6) is 1.34. The molecule has 2 nitrogen and oxygen atoms in total. The Balaban J connectivity index is 1.46. The molecule has 0 unspecified atom stereocenters. The quantitative estimate of drug-likeness (QED) is 0.751. The first-order chi connectivity index (χ1) is 10.8. The van der Waals surface area contributed by atoms with Crippen LogP contribution in [-0.4, -0.2) is 11.7 Å². The van der Waals surface area contributed by atoms with Crippen molar-refractivity contribution in [1.29, 1.82) is 0 Å². The van der Waals surface area contributed by atoms with Gasteiger partial charge in [0.15, 0.2) is 0 Å². The van der Waals surface area contributed by atoms with Gasteiger partial charge in [0.2, 0.25) is 0 Å². The zero-order chi connectivity index (χ0) is 16.3. The van der Waals surface area contributed by atoms with Crippen molar-refractivity contribution in [3.05, 3.63) is 28.2 Å². The molecule has 1 aromatic rings. The fraction of sp³-hybridized carbons (Fsp3) is 0.700. The van der Waals surface area contributed by atoms with Gasteiger partial charge >= 0.3 is 0 Å². The lowest BCUT2D eigenvalue weighted by Gasteiger charge is -2.65. The van der Waals surface area contributed by atoms with E-state index in [4.69, 9.17) is 0 Å². The van der Waals surface area contributed by atoms with Gasteiger partial charge < -0.3 is 10.4 Å². The molecule has 2 N–H and O–H groups in total. The van der Waals surface area contributed by atoms with Gasteiger partial charge in [0, 0.05) is 23.1 Å². The van der Waals surface area contributed by atoms with Crippen molar-refractivity contribution in [2.24, 2.45) is 22.2 Å². The molecule has 1 aromatic carbocycles. The van der Waals surface area contributed by atoms with Gasteiger partial charge in [-0.3, -0.25) is 0 Å². The maximum atomic E-state index is 10.0. The SMILES string of the molecule is C[C@]12CC3CC(CNCc4cc(Br)ccc4O)(C1)C[C@](C)(C3)C2. The Morgan fingerprint density at radius 1 is 1.13 bits per heavy atom. The van der Waals surface area contributed by atoms with E-state index in [1.807, 2.05) is 12.1 Å². The van der Waals surface area contributed by atoms with Crippen molar-refractivity contribution in [3.63, 3.8) is 0 Å². The molecule has 23 heavy (non-hydrogen) atoms. The van der Waals surface area contributed by atoms with E-state index in [0.29, 0.717) is 22.0 Å². The summed E-state index contributed by atoms with van der Waals surface area (Å²) >= 11 is 3.49. The number of phenols is 1. The summed E-state index contributed by atoms with van der Waals surface area (Å²) in [4.78, 5) is 0. The lowest BCUT2D eigenvalue weighted by atomic mass is 9.40. The highest BCUT2D eigenvalue weighted by Crippen LogP contribution is 2.69. The molecule has 5 rings (SSSR count). The van der Waals surface area contributed by atoms with Crippen molar-refractivity contribution >= 4 is 15.9 Å². The first-order valence-corrected chi connectivity index (χ1v) is 9.76. The fourth-order valence-corrected chi connectivity index (χ4v) is 7.45. The van der Waals surface area contributed by atoms with Gasteiger partial charge in [0.1, 0.15) is 5.75 Å². The van der Waals surface area contributed by atoms with Gasteiger partial charge in [0.25, 0.3) is 0 Å². The zero-order valence-corrected chi connectivity index (χ0v) is 15.9. The molecule has 0 aliphatic heterocycles. The number of hydrogen-bond acceptors (Lipinski definition) is 2. The molecular formula is C20H28BrNO. The largest absolute Gasteiger partial charge is 0.508 e. The summed E-state index contributed by atoms with van der Waals surface area (Å²) < 4.78 is 1.03. The van der Waals surface area contributed by atoms with Crippen LogP contribution in [0.4, 0.5) is 0 Å². The van der Waals surface area contributed by atoms with E-state index in [9.17, 15) is 5.11 Å². The minimum Gasteiger partial charge on any atom is -0.508 e. The van der Waals surface area contributed by atoms with Crippen molar-refractivity contribution < 1.29 is 5.11 Å². The second-order valence-corrected chi connectivity index (χ2v) is 10.4. The van der Waals surface area contributed by atoms with Crippen LogP contribution in [0.25, 0.3) is 0 Å². The highest BCUT2D eigenvalue weighted by molar-refractivity contribution is 9.10. The molecule has 4 aliphatic rings. The second-order valence-electron chi connectivity index (χ2n) is 9.51. The highest BCUT2D eigenvalue weighted by atomic mass is 79.9. The summed E-state index contributed by atoms with van der Waals surface area (Å²) in [7, 11) is 0. The van der Waals surface area contributed by atoms with Gasteiger partial charge in [-0.15, -0.1) is 0 Å². The Morgan fingerprint density at radius 3 is 2.48 bits per heavy atom. The maximum absolute atomic E-state index is 10.0. The lowest BCUT2D eigenvalue weighted by Crippen LogP contribution is -2.57. The van der Waals surface area contributed by atoms with Crippen molar-refractivity contribution in [3.8, 4) is 5.75 Å². The minimum atomic E-state index is 0.394. The number of rotatable bonds is 4. The molecule has 4 aliphatic carbocycles. The van der Waals surface area contributed by atoms with Crippen molar-refractivity contribution in [1.82, 2.24) is 5.32 Å². The first-order valence-electron chi connectivity index (χ1n) is 8.97. The van der Waals surface area contributed by atoms with Crippen LogP contribution in [0, 0.1) is 22.2 Å². The van der Waals surface area contributed by atoms with Crippen LogP contribution in [0.15, 0.2) is 22.7 Å². The van der Waals surface area contributed by atoms with Crippen LogP contribution in [0.3, 0.4) is 0 Å². The Hall–Kier alpha value is -0.540. The smallest absolute Gasteiger partial charge is 0.120 e. The fourth-order valence-electron chi connectivity index (χ4n) is 7.04. The van der Waals surface area contributed by atoms with Crippen LogP contribution >= 0.6 is 15.9 Å². The third kappa shape index (κ3) is 2.95. The van der Waals surface area contributed by atoms with Crippen LogP contribution in [0.2, 0.25) is 0 Å². The zero-order valence-electron chi connectivity index (χ0n) is 14.3. The number of hydrogen-bond donors (Lipinski definition) is 2. The second kappa shape index (κ2) is 5.23. The summed E-state index contributed by atoms with van der Waals surface area (Å²) in [5.41, 5.74) is 2.63. The Morgan fingerprint density at radius 2 is 1.83 bits per heavy atom. The molecule has 4 bridgehead atoms. The Labute approximate surface area is 148 Å². The third-order valence-corrected chi connectivity index (χ3v) is 7.09. The monoisotopic (exact) mass is 377 g/mol. The van der Waals surface area contributed by atoms with Gasteiger partial charge in [-0.05, 0) is 78.9 Å². The normalized spacial score (nSPS) is 41.4. The van der Waals surface area contributed by atoms with Crippen LogP contribution in [-0.2, 0) is 6.54 Å². The van der Waals surface area contributed by atoms with Crippen LogP contribution < -0.4 is 5.32 Å². The van der Waals surface area contributed by atoms with Gasteiger partial charge in [-0.2, -0.15) is 0 Å². The molecular weight excluding hydrogens is 350 g/mol. The summed E-state index contributed by atoms with van der Waals surface area (Å²) in [6, 6.07) is 5.68. The molecule has 3 heteroatoms. The molecule has 0 spiro atoms. The van der Waals surface area contributed by atoms with E-state index in [1.165, 1.54) is 38.5 Å². The third-order valence-electron chi connectivity index (χ3n) is 6.60. The predicted molar refractivity (Wildman–Crippen MR) is 97.4 cm³/mol. The average Bonchev–Trinajstić information content (AvgIpc) is 2.38. The number of benzene rings is 1. The standard InChI is InChI=1S/C20H28BrNO/c1-18-6-14-7-19(2,10-18)12-20(8-14,11-18)13-22-9-15-5-16(21)3-4-17(15)23/h3-5,14,22-23H,6-13H2,1-2H3/t14?,18-,19-,20?/m1/s1. The minimum absolute atomic E-state index is 0.394. The van der Waals surface area contributed by atoms with E-state index in [1.54, 1.807) is 6.07 Å². The molecule has 4 saturated carbocycles. The van der Waals surface area contributed by atoms with Crippen LogP contribution in [0.5, 0.6) is 5.75 Å². The molecule has 0 amide bonds. The first kappa shape index (κ1) is 16.0. The number of phenolic OH excluding ortho intramolecular Hbond substituents is 1. The summed E-state index contributed by atoms with van der Waals surface area (Å²) in [6.45, 7) is 6.92. The van der Waals surface area contributed by atoms with Crippen LogP contribution in [0.1, 0.15) is 57.9 Å². The molecule has 0 radical (unpaired) electrons. The topological polar surface area (TPSA) is 32.3 Å². The molecule has 126 valence electrons. The summed E-state index contributed by atoms with van der Waals surface area (Å²) in [5, 5.41) is 13.7. The Kier molecular flexibility index (Phi) is 3.63. The van der Waals surface area contributed by atoms with Crippen molar-refractivity contribution in [2.45, 2.75) is 58.9 Å². The average molecular weight is 378 g/mol. The van der Waals surface area contributed by atoms with Gasteiger partial charge in [0.05, 0.1) is 0 Å². The molecule has 0 saturated heterocycles. The number of aromatic hydroxyl groups is 1. The van der Waals surface area contributed by atoms with E-state index >= 15 is 0 Å². The maximum Gasteiger partial charge on any atom is 0.120 e. The van der Waals surface area contributed by atoms with Gasteiger partial charge in [-0.1, -0.05) is 29.8 Å². The predicted octanol–water partition coefficient (Wildman–Crippen LogP) is 5.24. The van der Waals surface area contributed by atoms with Gasteiger partial charge in [-0.25, -0.2) is 0 Å². The molecule has 0 aromatic heterocycles. The highest BCUT2D eigenvalue weighted by Gasteiger charge is 2.59. The molecule has 2 atom stereocenters. The van der Waals surface area contributed by atoms with E-state index in [2.05, 4.69) is 35.1 Å². The lowest BCUT2D eigenvalue weighted by molar-refractivity contribution is -0.143.